The molecular formula is C12H12Cl2N4O2. The predicted octanol–water partition coefficient (Wildman–Crippen LogP) is 1.86. The number of aromatic nitrogens is 4. The van der Waals surface area contributed by atoms with Gasteiger partial charge < -0.3 is 4.98 Å². The van der Waals surface area contributed by atoms with Gasteiger partial charge in [-0.05, 0) is 30.4 Å². The molecular weight excluding hydrogens is 303 g/mol. The first kappa shape index (κ1) is 14.7. The molecule has 0 radical (unpaired) electrons. The van der Waals surface area contributed by atoms with Crippen LogP contribution in [-0.4, -0.2) is 20.2 Å². The van der Waals surface area contributed by atoms with Crippen molar-refractivity contribution < 1.29 is 0 Å². The van der Waals surface area contributed by atoms with Gasteiger partial charge in [-0.15, -0.1) is 22.6 Å². The van der Waals surface area contributed by atoms with E-state index in [1.807, 2.05) is 0 Å². The summed E-state index contributed by atoms with van der Waals surface area (Å²) in [6.45, 7) is 0. The Bertz CT molecular complexity index is 737. The molecule has 2 heterocycles. The molecule has 1 saturated carbocycles. The molecule has 0 unspecified atom stereocenters. The number of halogens is 2. The van der Waals surface area contributed by atoms with Crippen LogP contribution in [-0.2, 0) is 0 Å². The van der Waals surface area contributed by atoms with Crippen LogP contribution < -0.4 is 11.2 Å². The van der Waals surface area contributed by atoms with Crippen molar-refractivity contribution in [3.63, 3.8) is 0 Å². The molecule has 2 aromatic rings. The largest absolute Gasteiger partial charge is 0.325 e. The third-order valence-corrected chi connectivity index (χ3v) is 3.71. The molecule has 0 atom stereocenters. The van der Waals surface area contributed by atoms with Gasteiger partial charge in [-0.3, -0.25) is 9.78 Å². The Balaban J connectivity index is 0.00000147. The minimum atomic E-state index is -0.546. The molecule has 20 heavy (non-hydrogen) atoms. The highest BCUT2D eigenvalue weighted by molar-refractivity contribution is 6.30. The van der Waals surface area contributed by atoms with Gasteiger partial charge in [0.2, 0.25) is 0 Å². The molecule has 2 N–H and O–H groups in total. The van der Waals surface area contributed by atoms with Crippen LogP contribution in [0.3, 0.4) is 0 Å². The smallest absolute Gasteiger partial charge is 0.313 e. The first-order valence-electron chi connectivity index (χ1n) is 6.00. The zero-order valence-corrected chi connectivity index (χ0v) is 11.9. The molecule has 3 rings (SSSR count). The highest BCUT2D eigenvalue weighted by Gasteiger charge is 2.23. The minimum Gasteiger partial charge on any atom is -0.313 e. The Labute approximate surface area is 125 Å². The van der Waals surface area contributed by atoms with Crippen molar-refractivity contribution in [1.82, 2.24) is 20.2 Å². The molecule has 6 nitrogen and oxygen atoms in total. The van der Waals surface area contributed by atoms with Crippen LogP contribution in [0.5, 0.6) is 0 Å². The van der Waals surface area contributed by atoms with E-state index in [0.29, 0.717) is 16.8 Å². The van der Waals surface area contributed by atoms with E-state index >= 15 is 0 Å². The van der Waals surface area contributed by atoms with Gasteiger partial charge in [0.25, 0.3) is 5.56 Å². The van der Waals surface area contributed by atoms with E-state index in [1.165, 1.54) is 12.6 Å². The molecule has 0 spiro atoms. The van der Waals surface area contributed by atoms with E-state index < -0.39 is 11.2 Å². The van der Waals surface area contributed by atoms with Gasteiger partial charge in [0, 0.05) is 6.20 Å². The summed E-state index contributed by atoms with van der Waals surface area (Å²) in [7, 11) is 0. The highest BCUT2D eigenvalue weighted by atomic mass is 35.5. The fraction of sp³-hybridized carbons (Fsp3) is 0.333. The first-order chi connectivity index (χ1) is 9.15. The van der Waals surface area contributed by atoms with Crippen molar-refractivity contribution in [2.45, 2.75) is 25.2 Å². The second-order valence-corrected chi connectivity index (χ2v) is 4.95. The SMILES string of the molecule is Cl.O=c1[nH]cc(-c2cc(C3CCC3)c(Cl)nn2)c(=O)[nH]1. The van der Waals surface area contributed by atoms with Gasteiger partial charge in [-0.25, -0.2) is 4.79 Å². The fourth-order valence-corrected chi connectivity index (χ4v) is 2.38. The van der Waals surface area contributed by atoms with Gasteiger partial charge in [-0.2, -0.15) is 0 Å². The lowest BCUT2D eigenvalue weighted by Crippen LogP contribution is -2.23. The number of nitrogens with zero attached hydrogens (tertiary/aromatic N) is 2. The summed E-state index contributed by atoms with van der Waals surface area (Å²) >= 11 is 6.04. The molecule has 0 aliphatic heterocycles. The third kappa shape index (κ3) is 2.62. The molecule has 0 saturated heterocycles. The maximum atomic E-state index is 11.7. The van der Waals surface area contributed by atoms with Crippen LogP contribution in [0, 0.1) is 0 Å². The minimum absolute atomic E-state index is 0. The Morgan fingerprint density at radius 1 is 1.25 bits per heavy atom. The zero-order valence-electron chi connectivity index (χ0n) is 10.4. The van der Waals surface area contributed by atoms with E-state index in [9.17, 15) is 9.59 Å². The molecule has 106 valence electrons. The van der Waals surface area contributed by atoms with Crippen molar-refractivity contribution in [3.05, 3.63) is 43.8 Å². The molecule has 1 aliphatic rings. The maximum Gasteiger partial charge on any atom is 0.325 e. The van der Waals surface area contributed by atoms with Crippen molar-refractivity contribution in [1.29, 1.82) is 0 Å². The quantitative estimate of drug-likeness (QED) is 0.885. The summed E-state index contributed by atoms with van der Waals surface area (Å²) < 4.78 is 0. The van der Waals surface area contributed by atoms with Crippen molar-refractivity contribution in [3.8, 4) is 11.3 Å². The van der Waals surface area contributed by atoms with Gasteiger partial charge in [0.1, 0.15) is 5.69 Å². The van der Waals surface area contributed by atoms with Crippen molar-refractivity contribution >= 4 is 24.0 Å². The Kier molecular flexibility index (Phi) is 4.25. The predicted molar refractivity (Wildman–Crippen MR) is 77.6 cm³/mol. The van der Waals surface area contributed by atoms with Crippen LogP contribution in [0.15, 0.2) is 21.9 Å². The maximum absolute atomic E-state index is 11.7. The lowest BCUT2D eigenvalue weighted by Gasteiger charge is -2.26. The highest BCUT2D eigenvalue weighted by Crippen LogP contribution is 2.39. The topological polar surface area (TPSA) is 91.5 Å². The molecule has 0 amide bonds. The number of hydrogen-bond donors (Lipinski definition) is 2. The average Bonchev–Trinajstić information content (AvgIpc) is 2.30. The lowest BCUT2D eigenvalue weighted by molar-refractivity contribution is 0.418. The molecule has 0 bridgehead atoms. The standard InChI is InChI=1S/C12H11ClN4O2.ClH/c13-10-7(6-2-1-3-6)4-9(16-17-10)8-5-14-12(19)15-11(8)18;/h4-6H,1-3H2,(H2,14,15,18,19);1H. The number of hydrogen-bond acceptors (Lipinski definition) is 4. The fourth-order valence-electron chi connectivity index (χ4n) is 2.13. The zero-order chi connectivity index (χ0) is 13.4. The summed E-state index contributed by atoms with van der Waals surface area (Å²) in [5.74, 6) is 0.392. The van der Waals surface area contributed by atoms with E-state index in [-0.39, 0.29) is 18.0 Å². The lowest BCUT2D eigenvalue weighted by atomic mass is 9.80. The van der Waals surface area contributed by atoms with Gasteiger partial charge in [-0.1, -0.05) is 18.0 Å². The number of H-pyrrole nitrogens is 2. The van der Waals surface area contributed by atoms with Crippen LogP contribution in [0.1, 0.15) is 30.7 Å². The molecule has 1 aliphatic carbocycles. The number of nitrogens with one attached hydrogen (secondary N) is 2. The Hall–Kier alpha value is -1.66. The third-order valence-electron chi connectivity index (χ3n) is 3.42. The Morgan fingerprint density at radius 2 is 2.00 bits per heavy atom. The molecule has 0 aromatic carbocycles. The Morgan fingerprint density at radius 3 is 2.60 bits per heavy atom. The summed E-state index contributed by atoms with van der Waals surface area (Å²) in [4.78, 5) is 27.3. The summed E-state index contributed by atoms with van der Waals surface area (Å²) in [5, 5.41) is 8.19. The van der Waals surface area contributed by atoms with Crippen LogP contribution in [0.25, 0.3) is 11.3 Å². The van der Waals surface area contributed by atoms with Gasteiger partial charge in [0.15, 0.2) is 5.15 Å². The van der Waals surface area contributed by atoms with Gasteiger partial charge >= 0.3 is 5.69 Å². The summed E-state index contributed by atoms with van der Waals surface area (Å²) in [5.41, 5.74) is 0.589. The average molecular weight is 315 g/mol. The van der Waals surface area contributed by atoms with Crippen LogP contribution in [0.2, 0.25) is 5.15 Å². The molecule has 2 aromatic heterocycles. The normalized spacial score (nSPS) is 14.4. The summed E-state index contributed by atoms with van der Waals surface area (Å²) in [6.07, 6.45) is 4.67. The second kappa shape index (κ2) is 5.76. The van der Waals surface area contributed by atoms with Gasteiger partial charge in [0.05, 0.1) is 5.56 Å². The van der Waals surface area contributed by atoms with E-state index in [4.69, 9.17) is 11.6 Å². The monoisotopic (exact) mass is 314 g/mol. The number of aromatic amines is 2. The van der Waals surface area contributed by atoms with Crippen LogP contribution in [0.4, 0.5) is 0 Å². The van der Waals surface area contributed by atoms with Crippen LogP contribution >= 0.6 is 24.0 Å². The number of rotatable bonds is 2. The van der Waals surface area contributed by atoms with Crippen molar-refractivity contribution in [2.24, 2.45) is 0 Å². The molecule has 1 fully saturated rings. The van der Waals surface area contributed by atoms with E-state index in [1.54, 1.807) is 6.07 Å². The first-order valence-corrected chi connectivity index (χ1v) is 6.38. The molecule has 8 heteroatoms. The van der Waals surface area contributed by atoms with E-state index in [2.05, 4.69) is 20.2 Å². The van der Waals surface area contributed by atoms with E-state index in [0.717, 1.165) is 18.4 Å². The van der Waals surface area contributed by atoms with Crippen molar-refractivity contribution in [2.75, 3.05) is 0 Å². The summed E-state index contributed by atoms with van der Waals surface area (Å²) in [6, 6.07) is 1.78. The second-order valence-electron chi connectivity index (χ2n) is 4.59.